The first-order chi connectivity index (χ1) is 9.51. The second-order valence-electron chi connectivity index (χ2n) is 3.71. The van der Waals surface area contributed by atoms with E-state index in [0.717, 1.165) is 0 Å². The van der Waals surface area contributed by atoms with E-state index >= 15 is 0 Å². The molecule has 0 bridgehead atoms. The van der Waals surface area contributed by atoms with Crippen molar-refractivity contribution < 1.29 is 28.6 Å². The van der Waals surface area contributed by atoms with E-state index in [-0.39, 0.29) is 17.7 Å². The van der Waals surface area contributed by atoms with E-state index in [1.165, 1.54) is 39.5 Å². The molecule has 7 heteroatoms. The highest BCUT2D eigenvalue weighted by atomic mass is 16.5. The number of anilines is 1. The van der Waals surface area contributed by atoms with Crippen LogP contribution in [0.5, 0.6) is 0 Å². The van der Waals surface area contributed by atoms with Gasteiger partial charge < -0.3 is 19.5 Å². The van der Waals surface area contributed by atoms with Gasteiger partial charge in [0.1, 0.15) is 6.54 Å². The van der Waals surface area contributed by atoms with Crippen LogP contribution in [0, 0.1) is 0 Å². The van der Waals surface area contributed by atoms with Crippen molar-refractivity contribution in [2.75, 3.05) is 33.2 Å². The normalized spacial score (nSPS) is 9.55. The number of ether oxygens (including phenoxy) is 3. The number of carbonyl (C=O) groups excluding carboxylic acids is 3. The highest BCUT2D eigenvalue weighted by Gasteiger charge is 2.14. The fourth-order valence-electron chi connectivity index (χ4n) is 1.45. The number of benzene rings is 1. The van der Waals surface area contributed by atoms with Crippen molar-refractivity contribution in [2.45, 2.75) is 0 Å². The Hall–Kier alpha value is -2.57. The third-order valence-corrected chi connectivity index (χ3v) is 2.44. The highest BCUT2D eigenvalue weighted by molar-refractivity contribution is 5.97. The van der Waals surface area contributed by atoms with Crippen molar-refractivity contribution in [3.63, 3.8) is 0 Å². The lowest BCUT2D eigenvalue weighted by atomic mass is 10.1. The van der Waals surface area contributed by atoms with E-state index in [0.29, 0.717) is 5.69 Å². The van der Waals surface area contributed by atoms with Crippen LogP contribution >= 0.6 is 0 Å². The molecule has 20 heavy (non-hydrogen) atoms. The molecule has 1 rings (SSSR count). The van der Waals surface area contributed by atoms with Crippen molar-refractivity contribution in [1.82, 2.24) is 0 Å². The molecule has 7 nitrogen and oxygen atoms in total. The van der Waals surface area contributed by atoms with Crippen LogP contribution in [0.3, 0.4) is 0 Å². The monoisotopic (exact) mass is 281 g/mol. The lowest BCUT2D eigenvalue weighted by Gasteiger charge is -2.09. The third-order valence-electron chi connectivity index (χ3n) is 2.44. The number of carbonyl (C=O) groups is 3. The largest absolute Gasteiger partial charge is 0.468 e. The van der Waals surface area contributed by atoms with Crippen LogP contribution in [-0.4, -0.2) is 45.8 Å². The smallest absolute Gasteiger partial charge is 0.337 e. The van der Waals surface area contributed by atoms with Gasteiger partial charge in [0.2, 0.25) is 0 Å². The molecule has 0 amide bonds. The van der Waals surface area contributed by atoms with Crippen LogP contribution in [0.15, 0.2) is 18.2 Å². The summed E-state index contributed by atoms with van der Waals surface area (Å²) in [4.78, 5) is 34.1. The number of nitrogens with one attached hydrogen (secondary N) is 1. The predicted molar refractivity (Wildman–Crippen MR) is 69.6 cm³/mol. The van der Waals surface area contributed by atoms with Crippen LogP contribution in [0.4, 0.5) is 5.69 Å². The SMILES string of the molecule is COC(=O)CNc1cc(C(=O)OC)cc(C(=O)OC)c1. The third kappa shape index (κ3) is 3.98. The van der Waals surface area contributed by atoms with Gasteiger partial charge in [0.15, 0.2) is 0 Å². The average molecular weight is 281 g/mol. The van der Waals surface area contributed by atoms with Gasteiger partial charge in [-0.3, -0.25) is 4.79 Å². The quantitative estimate of drug-likeness (QED) is 0.631. The molecule has 0 aliphatic rings. The summed E-state index contributed by atoms with van der Waals surface area (Å²) in [6, 6.07) is 4.27. The second kappa shape index (κ2) is 7.13. The molecule has 1 aromatic rings. The maximum Gasteiger partial charge on any atom is 0.337 e. The highest BCUT2D eigenvalue weighted by Crippen LogP contribution is 2.16. The summed E-state index contributed by atoms with van der Waals surface area (Å²) in [5.41, 5.74) is 0.740. The van der Waals surface area contributed by atoms with Gasteiger partial charge in [0.05, 0.1) is 32.5 Å². The molecule has 0 radical (unpaired) electrons. The molecular formula is C13H15NO6. The molecule has 0 heterocycles. The van der Waals surface area contributed by atoms with Crippen LogP contribution < -0.4 is 5.32 Å². The number of hydrogen-bond donors (Lipinski definition) is 1. The van der Waals surface area contributed by atoms with E-state index in [1.807, 2.05) is 0 Å². The predicted octanol–water partition coefficient (Wildman–Crippen LogP) is 0.845. The second-order valence-corrected chi connectivity index (χ2v) is 3.71. The Kier molecular flexibility index (Phi) is 5.52. The zero-order chi connectivity index (χ0) is 15.1. The molecule has 0 saturated carbocycles. The zero-order valence-corrected chi connectivity index (χ0v) is 11.4. The first-order valence-electron chi connectivity index (χ1n) is 5.64. The Morgan fingerprint density at radius 2 is 1.40 bits per heavy atom. The zero-order valence-electron chi connectivity index (χ0n) is 11.4. The fraction of sp³-hybridized carbons (Fsp3) is 0.308. The van der Waals surface area contributed by atoms with Gasteiger partial charge in [-0.15, -0.1) is 0 Å². The Balaban J connectivity index is 3.06. The first-order valence-corrected chi connectivity index (χ1v) is 5.64. The van der Waals surface area contributed by atoms with Crippen LogP contribution in [0.1, 0.15) is 20.7 Å². The maximum atomic E-state index is 11.5. The Labute approximate surface area is 115 Å². The number of hydrogen-bond acceptors (Lipinski definition) is 7. The van der Waals surface area contributed by atoms with Crippen molar-refractivity contribution in [3.05, 3.63) is 29.3 Å². The summed E-state index contributed by atoms with van der Waals surface area (Å²) in [6.45, 7) is -0.0955. The minimum atomic E-state index is -0.600. The van der Waals surface area contributed by atoms with Crippen molar-refractivity contribution in [1.29, 1.82) is 0 Å². The minimum absolute atomic E-state index is 0.0955. The topological polar surface area (TPSA) is 90.9 Å². The molecule has 0 saturated heterocycles. The lowest BCUT2D eigenvalue weighted by Crippen LogP contribution is -2.16. The number of rotatable bonds is 5. The van der Waals surface area contributed by atoms with Crippen molar-refractivity contribution >= 4 is 23.6 Å². The van der Waals surface area contributed by atoms with Gasteiger partial charge >= 0.3 is 17.9 Å². The molecule has 1 aromatic carbocycles. The fourth-order valence-corrected chi connectivity index (χ4v) is 1.45. The van der Waals surface area contributed by atoms with E-state index in [4.69, 9.17) is 0 Å². The Bertz CT molecular complexity index is 491. The molecule has 0 fully saturated rings. The molecular weight excluding hydrogens is 266 g/mol. The van der Waals surface area contributed by atoms with Crippen LogP contribution in [0.25, 0.3) is 0 Å². The Morgan fingerprint density at radius 1 is 0.900 bits per heavy atom. The van der Waals surface area contributed by atoms with Crippen molar-refractivity contribution in [2.24, 2.45) is 0 Å². The van der Waals surface area contributed by atoms with Gasteiger partial charge in [0, 0.05) is 5.69 Å². The summed E-state index contributed by atoms with van der Waals surface area (Å²) in [7, 11) is 3.72. The molecule has 108 valence electrons. The maximum absolute atomic E-state index is 11.5. The number of methoxy groups -OCH3 is 3. The lowest BCUT2D eigenvalue weighted by molar-refractivity contribution is -0.138. The summed E-state index contributed by atoms with van der Waals surface area (Å²) in [6.07, 6.45) is 0. The van der Waals surface area contributed by atoms with Gasteiger partial charge in [-0.05, 0) is 18.2 Å². The summed E-state index contributed by atoms with van der Waals surface area (Å²) in [5.74, 6) is -1.68. The first kappa shape index (κ1) is 15.5. The number of esters is 3. The molecule has 1 N–H and O–H groups in total. The molecule has 0 unspecified atom stereocenters. The van der Waals surface area contributed by atoms with E-state index in [2.05, 4.69) is 19.5 Å². The van der Waals surface area contributed by atoms with Crippen LogP contribution in [-0.2, 0) is 19.0 Å². The minimum Gasteiger partial charge on any atom is -0.468 e. The van der Waals surface area contributed by atoms with Gasteiger partial charge in [-0.25, -0.2) is 9.59 Å². The van der Waals surface area contributed by atoms with E-state index in [9.17, 15) is 14.4 Å². The van der Waals surface area contributed by atoms with Gasteiger partial charge in [-0.2, -0.15) is 0 Å². The molecule has 0 spiro atoms. The van der Waals surface area contributed by atoms with Gasteiger partial charge in [-0.1, -0.05) is 0 Å². The van der Waals surface area contributed by atoms with Gasteiger partial charge in [0.25, 0.3) is 0 Å². The van der Waals surface area contributed by atoms with Crippen LogP contribution in [0.2, 0.25) is 0 Å². The molecule has 0 aliphatic heterocycles. The summed E-state index contributed by atoms with van der Waals surface area (Å²) < 4.78 is 13.7. The van der Waals surface area contributed by atoms with E-state index < -0.39 is 17.9 Å². The molecule has 0 atom stereocenters. The summed E-state index contributed by atoms with van der Waals surface area (Å²) in [5, 5.41) is 2.74. The standard InChI is InChI=1S/C13H15NO6/c1-18-11(15)7-14-10-5-8(12(16)19-2)4-9(6-10)13(17)20-3/h4-6,14H,7H2,1-3H3. The summed E-state index contributed by atoms with van der Waals surface area (Å²) >= 11 is 0. The molecule has 0 aromatic heterocycles. The van der Waals surface area contributed by atoms with Crippen molar-refractivity contribution in [3.8, 4) is 0 Å². The molecule has 0 aliphatic carbocycles. The van der Waals surface area contributed by atoms with E-state index in [1.54, 1.807) is 0 Å². The Morgan fingerprint density at radius 3 is 1.80 bits per heavy atom. The average Bonchev–Trinajstić information content (AvgIpc) is 2.50.